The Morgan fingerprint density at radius 2 is 2.00 bits per heavy atom. The van der Waals surface area contributed by atoms with Gasteiger partial charge in [0.1, 0.15) is 10.8 Å². The SMILES string of the molecule is CCc1nnc(NC(=O)CSc2nnc(-c3ccc(OC(F)F)cc3)n2C)s1. The second kappa shape index (κ2) is 9.06. The van der Waals surface area contributed by atoms with E-state index in [-0.39, 0.29) is 17.4 Å². The zero-order valence-corrected chi connectivity index (χ0v) is 16.6. The molecule has 0 bridgehead atoms. The van der Waals surface area contributed by atoms with Crippen LogP contribution in [0.3, 0.4) is 0 Å². The van der Waals surface area contributed by atoms with Gasteiger partial charge in [0, 0.05) is 12.6 Å². The number of aromatic nitrogens is 5. The molecule has 0 saturated heterocycles. The lowest BCUT2D eigenvalue weighted by Crippen LogP contribution is -2.14. The zero-order valence-electron chi connectivity index (χ0n) is 14.9. The lowest BCUT2D eigenvalue weighted by Gasteiger charge is -2.06. The van der Waals surface area contributed by atoms with Gasteiger partial charge in [-0.1, -0.05) is 30.0 Å². The molecule has 1 N–H and O–H groups in total. The highest BCUT2D eigenvalue weighted by Crippen LogP contribution is 2.25. The molecule has 1 amide bonds. The molecule has 28 heavy (non-hydrogen) atoms. The van der Waals surface area contributed by atoms with Crippen LogP contribution in [0.1, 0.15) is 11.9 Å². The molecule has 0 saturated carbocycles. The number of anilines is 1. The fourth-order valence-corrected chi connectivity index (χ4v) is 3.62. The molecule has 0 spiro atoms. The van der Waals surface area contributed by atoms with Gasteiger partial charge in [-0.25, -0.2) is 0 Å². The number of halogens is 2. The third kappa shape index (κ3) is 5.01. The molecule has 0 fully saturated rings. The first-order chi connectivity index (χ1) is 13.5. The van der Waals surface area contributed by atoms with Gasteiger partial charge in [-0.2, -0.15) is 8.78 Å². The first-order valence-corrected chi connectivity index (χ1v) is 9.96. The highest BCUT2D eigenvalue weighted by atomic mass is 32.2. The number of hydrogen-bond donors (Lipinski definition) is 1. The molecule has 0 aliphatic heterocycles. The van der Waals surface area contributed by atoms with E-state index < -0.39 is 6.61 Å². The molecule has 0 aliphatic carbocycles. The molecular weight excluding hydrogens is 410 g/mol. The van der Waals surface area contributed by atoms with Gasteiger partial charge in [-0.3, -0.25) is 10.1 Å². The van der Waals surface area contributed by atoms with E-state index in [1.165, 1.54) is 35.2 Å². The summed E-state index contributed by atoms with van der Waals surface area (Å²) in [4.78, 5) is 12.1. The number of carbonyl (C=O) groups is 1. The maximum atomic E-state index is 12.2. The molecule has 3 rings (SSSR count). The molecular formula is C16H16F2N6O2S2. The summed E-state index contributed by atoms with van der Waals surface area (Å²) in [5.74, 6) is 0.522. The van der Waals surface area contributed by atoms with Gasteiger partial charge >= 0.3 is 6.61 Å². The minimum atomic E-state index is -2.87. The molecule has 0 aliphatic rings. The van der Waals surface area contributed by atoms with Gasteiger partial charge < -0.3 is 9.30 Å². The minimum Gasteiger partial charge on any atom is -0.435 e. The summed E-state index contributed by atoms with van der Waals surface area (Å²) in [7, 11) is 1.76. The van der Waals surface area contributed by atoms with Gasteiger partial charge in [-0.15, -0.1) is 20.4 Å². The Morgan fingerprint density at radius 1 is 1.25 bits per heavy atom. The summed E-state index contributed by atoms with van der Waals surface area (Å²) in [5.41, 5.74) is 0.689. The van der Waals surface area contributed by atoms with Gasteiger partial charge in [0.05, 0.1) is 5.75 Å². The van der Waals surface area contributed by atoms with Crippen molar-refractivity contribution in [2.45, 2.75) is 25.1 Å². The van der Waals surface area contributed by atoms with Crippen molar-refractivity contribution >= 4 is 34.1 Å². The Labute approximate surface area is 167 Å². The van der Waals surface area contributed by atoms with Crippen LogP contribution in [0.2, 0.25) is 0 Å². The number of rotatable bonds is 8. The summed E-state index contributed by atoms with van der Waals surface area (Å²) >= 11 is 2.56. The molecule has 3 aromatic rings. The number of carbonyl (C=O) groups excluding carboxylic acids is 1. The van der Waals surface area contributed by atoms with Crippen LogP contribution in [-0.4, -0.2) is 43.2 Å². The third-order valence-corrected chi connectivity index (χ3v) is 5.52. The maximum Gasteiger partial charge on any atom is 0.387 e. The summed E-state index contributed by atoms with van der Waals surface area (Å²) in [6.45, 7) is -0.906. The van der Waals surface area contributed by atoms with Crippen LogP contribution in [0.15, 0.2) is 29.4 Å². The van der Waals surface area contributed by atoms with Crippen molar-refractivity contribution < 1.29 is 18.3 Å². The molecule has 1 aromatic carbocycles. The predicted octanol–water partition coefficient (Wildman–Crippen LogP) is 3.23. The Hall–Kier alpha value is -2.60. The number of hydrogen-bond acceptors (Lipinski definition) is 8. The molecule has 0 unspecified atom stereocenters. The predicted molar refractivity (Wildman–Crippen MR) is 102 cm³/mol. The van der Waals surface area contributed by atoms with E-state index in [0.29, 0.717) is 21.7 Å². The minimum absolute atomic E-state index is 0.0649. The van der Waals surface area contributed by atoms with Gasteiger partial charge in [0.2, 0.25) is 11.0 Å². The molecule has 0 radical (unpaired) electrons. The first-order valence-electron chi connectivity index (χ1n) is 8.16. The second-order valence-electron chi connectivity index (χ2n) is 5.46. The molecule has 148 valence electrons. The van der Waals surface area contributed by atoms with Crippen molar-refractivity contribution in [3.63, 3.8) is 0 Å². The Bertz CT molecular complexity index is 945. The largest absolute Gasteiger partial charge is 0.435 e. The summed E-state index contributed by atoms with van der Waals surface area (Å²) < 4.78 is 30.5. The third-order valence-electron chi connectivity index (χ3n) is 3.52. The quantitative estimate of drug-likeness (QED) is 0.553. The van der Waals surface area contributed by atoms with Crippen molar-refractivity contribution in [2.24, 2.45) is 7.05 Å². The fraction of sp³-hybridized carbons (Fsp3) is 0.312. The van der Waals surface area contributed by atoms with Crippen molar-refractivity contribution in [1.29, 1.82) is 0 Å². The number of alkyl halides is 2. The number of nitrogens with one attached hydrogen (secondary N) is 1. The number of nitrogens with zero attached hydrogens (tertiary/aromatic N) is 5. The maximum absolute atomic E-state index is 12.2. The van der Waals surface area contributed by atoms with Crippen LogP contribution >= 0.6 is 23.1 Å². The molecule has 12 heteroatoms. The van der Waals surface area contributed by atoms with Gasteiger partial charge in [0.25, 0.3) is 0 Å². The fourth-order valence-electron chi connectivity index (χ4n) is 2.21. The lowest BCUT2D eigenvalue weighted by molar-refractivity contribution is -0.113. The lowest BCUT2D eigenvalue weighted by atomic mass is 10.2. The van der Waals surface area contributed by atoms with Gasteiger partial charge in [-0.05, 0) is 30.7 Å². The standard InChI is InChI=1S/C16H16F2N6O2S2/c1-3-12-20-22-15(28-12)19-11(25)8-27-16-23-21-13(24(16)2)9-4-6-10(7-5-9)26-14(17)18/h4-7,14H,3,8H2,1-2H3,(H,19,22,25). The van der Waals surface area contributed by atoms with E-state index in [1.54, 1.807) is 23.7 Å². The first kappa shape index (κ1) is 20.1. The van der Waals surface area contributed by atoms with E-state index in [0.717, 1.165) is 11.4 Å². The van der Waals surface area contributed by atoms with Crippen LogP contribution in [0, 0.1) is 0 Å². The van der Waals surface area contributed by atoms with Crippen molar-refractivity contribution in [3.8, 4) is 17.1 Å². The normalized spacial score (nSPS) is 11.0. The Morgan fingerprint density at radius 3 is 2.64 bits per heavy atom. The van der Waals surface area contributed by atoms with E-state index in [9.17, 15) is 13.6 Å². The number of ether oxygens (including phenoxy) is 1. The molecule has 2 heterocycles. The number of thioether (sulfide) groups is 1. The van der Waals surface area contributed by atoms with Crippen LogP contribution in [0.4, 0.5) is 13.9 Å². The van der Waals surface area contributed by atoms with E-state index in [4.69, 9.17) is 0 Å². The summed E-state index contributed by atoms with van der Waals surface area (Å²) in [5, 5.41) is 20.6. The number of benzene rings is 1. The van der Waals surface area contributed by atoms with E-state index >= 15 is 0 Å². The van der Waals surface area contributed by atoms with Crippen molar-refractivity contribution in [2.75, 3.05) is 11.1 Å². The van der Waals surface area contributed by atoms with Crippen molar-refractivity contribution in [3.05, 3.63) is 29.3 Å². The van der Waals surface area contributed by atoms with E-state index in [2.05, 4.69) is 30.4 Å². The second-order valence-corrected chi connectivity index (χ2v) is 7.46. The molecule has 0 atom stereocenters. The van der Waals surface area contributed by atoms with Crippen LogP contribution < -0.4 is 10.1 Å². The Balaban J connectivity index is 1.60. The smallest absolute Gasteiger partial charge is 0.387 e. The highest BCUT2D eigenvalue weighted by molar-refractivity contribution is 7.99. The number of amides is 1. The van der Waals surface area contributed by atoms with Gasteiger partial charge in [0.15, 0.2) is 11.0 Å². The Kier molecular flexibility index (Phi) is 6.52. The monoisotopic (exact) mass is 426 g/mol. The van der Waals surface area contributed by atoms with Crippen molar-refractivity contribution in [1.82, 2.24) is 25.0 Å². The average Bonchev–Trinajstić information content (AvgIpc) is 3.27. The molecule has 8 nitrogen and oxygen atoms in total. The highest BCUT2D eigenvalue weighted by Gasteiger charge is 2.14. The van der Waals surface area contributed by atoms with Crippen LogP contribution in [-0.2, 0) is 18.3 Å². The summed E-state index contributed by atoms with van der Waals surface area (Å²) in [6, 6.07) is 6.10. The van der Waals surface area contributed by atoms with Crippen LogP contribution in [0.25, 0.3) is 11.4 Å². The average molecular weight is 426 g/mol. The topological polar surface area (TPSA) is 94.8 Å². The van der Waals surface area contributed by atoms with E-state index in [1.807, 2.05) is 6.92 Å². The summed E-state index contributed by atoms with van der Waals surface area (Å²) in [6.07, 6.45) is 0.763. The molecule has 2 aromatic heterocycles. The van der Waals surface area contributed by atoms with Crippen LogP contribution in [0.5, 0.6) is 5.75 Å². The zero-order chi connectivity index (χ0) is 20.1. The number of aryl methyl sites for hydroxylation is 1.